The molecule has 1 aliphatic rings. The average molecular weight is 352 g/mol. The topological polar surface area (TPSA) is 72.5 Å². The van der Waals surface area contributed by atoms with Gasteiger partial charge in [0.1, 0.15) is 0 Å². The standard InChI is InChI=1S/C13H15Cl2NO4S/c1-8-11(4-10(5-12(8)14)21(15,18)19)13(17)16-6-9-2-3-20-7-9/h4-5,9H,2-3,6-7H2,1H3,(H,16,17). The van der Waals surface area contributed by atoms with Crippen LogP contribution in [0.1, 0.15) is 22.3 Å². The minimum Gasteiger partial charge on any atom is -0.381 e. The molecule has 0 aliphatic carbocycles. The summed E-state index contributed by atoms with van der Waals surface area (Å²) in [5.74, 6) is -0.0897. The Kier molecular flexibility index (Phi) is 5.14. The minimum atomic E-state index is -3.94. The first-order chi connectivity index (χ1) is 9.79. The van der Waals surface area contributed by atoms with Crippen molar-refractivity contribution in [1.82, 2.24) is 5.32 Å². The third-order valence-electron chi connectivity index (χ3n) is 3.42. The second-order valence-corrected chi connectivity index (χ2v) is 7.93. The Balaban J connectivity index is 2.21. The average Bonchev–Trinajstić information content (AvgIpc) is 2.91. The highest BCUT2D eigenvalue weighted by molar-refractivity contribution is 8.13. The highest BCUT2D eigenvalue weighted by Crippen LogP contribution is 2.26. The lowest BCUT2D eigenvalue weighted by molar-refractivity contribution is 0.0944. The van der Waals surface area contributed by atoms with E-state index in [1.165, 1.54) is 12.1 Å². The van der Waals surface area contributed by atoms with Crippen LogP contribution in [-0.4, -0.2) is 34.1 Å². The zero-order valence-corrected chi connectivity index (χ0v) is 13.7. The zero-order chi connectivity index (χ0) is 15.6. The molecule has 1 N–H and O–H groups in total. The van der Waals surface area contributed by atoms with Crippen LogP contribution in [0.2, 0.25) is 5.02 Å². The van der Waals surface area contributed by atoms with Gasteiger partial charge < -0.3 is 10.1 Å². The van der Waals surface area contributed by atoms with Crippen LogP contribution in [0.4, 0.5) is 0 Å². The molecular formula is C13H15Cl2NO4S. The lowest BCUT2D eigenvalue weighted by atomic mass is 10.1. The van der Waals surface area contributed by atoms with E-state index in [4.69, 9.17) is 27.0 Å². The maximum atomic E-state index is 12.2. The minimum absolute atomic E-state index is 0.186. The SMILES string of the molecule is Cc1c(Cl)cc(S(=O)(=O)Cl)cc1C(=O)NCC1CCOC1. The number of rotatable bonds is 4. The molecule has 0 aromatic heterocycles. The van der Waals surface area contributed by atoms with Gasteiger partial charge in [0.15, 0.2) is 0 Å². The molecule has 1 amide bonds. The molecule has 21 heavy (non-hydrogen) atoms. The Morgan fingerprint density at radius 2 is 2.19 bits per heavy atom. The Labute approximate surface area is 133 Å². The van der Waals surface area contributed by atoms with Gasteiger partial charge in [0.25, 0.3) is 15.0 Å². The maximum Gasteiger partial charge on any atom is 0.261 e. The highest BCUT2D eigenvalue weighted by atomic mass is 35.7. The summed E-state index contributed by atoms with van der Waals surface area (Å²) >= 11 is 5.97. The first-order valence-electron chi connectivity index (χ1n) is 6.40. The van der Waals surface area contributed by atoms with E-state index in [0.29, 0.717) is 25.3 Å². The summed E-state index contributed by atoms with van der Waals surface area (Å²) in [5, 5.41) is 2.96. The molecule has 116 valence electrons. The molecule has 1 atom stereocenters. The van der Waals surface area contributed by atoms with E-state index in [2.05, 4.69) is 5.32 Å². The molecule has 1 fully saturated rings. The second-order valence-electron chi connectivity index (χ2n) is 4.96. The van der Waals surface area contributed by atoms with Crippen molar-refractivity contribution in [3.63, 3.8) is 0 Å². The molecule has 1 unspecified atom stereocenters. The van der Waals surface area contributed by atoms with Crippen LogP contribution in [0, 0.1) is 12.8 Å². The lowest BCUT2D eigenvalue weighted by Crippen LogP contribution is -2.30. The monoisotopic (exact) mass is 351 g/mol. The number of ether oxygens (including phenoxy) is 1. The molecule has 1 aromatic carbocycles. The summed E-state index contributed by atoms with van der Waals surface area (Å²) < 4.78 is 28.0. The Hall–Kier alpha value is -0.820. The van der Waals surface area contributed by atoms with Crippen molar-refractivity contribution >= 4 is 37.2 Å². The van der Waals surface area contributed by atoms with Crippen LogP contribution in [-0.2, 0) is 13.8 Å². The fourth-order valence-electron chi connectivity index (χ4n) is 2.11. The summed E-state index contributed by atoms with van der Waals surface area (Å²) in [6.07, 6.45) is 0.899. The predicted molar refractivity (Wildman–Crippen MR) is 80.5 cm³/mol. The molecule has 1 heterocycles. The molecule has 0 radical (unpaired) electrons. The normalized spacial score (nSPS) is 18.7. The van der Waals surface area contributed by atoms with E-state index in [1.54, 1.807) is 6.92 Å². The number of hydrogen-bond donors (Lipinski definition) is 1. The van der Waals surface area contributed by atoms with Gasteiger partial charge in [-0.05, 0) is 31.0 Å². The number of carbonyl (C=O) groups is 1. The molecule has 2 rings (SSSR count). The van der Waals surface area contributed by atoms with Crippen LogP contribution in [0.3, 0.4) is 0 Å². The van der Waals surface area contributed by atoms with Gasteiger partial charge in [-0.1, -0.05) is 11.6 Å². The number of carbonyl (C=O) groups excluding carboxylic acids is 1. The van der Waals surface area contributed by atoms with Crippen LogP contribution in [0.5, 0.6) is 0 Å². The van der Waals surface area contributed by atoms with Crippen molar-refractivity contribution in [3.8, 4) is 0 Å². The van der Waals surface area contributed by atoms with E-state index in [9.17, 15) is 13.2 Å². The van der Waals surface area contributed by atoms with Crippen LogP contribution in [0.15, 0.2) is 17.0 Å². The zero-order valence-electron chi connectivity index (χ0n) is 11.4. The smallest absolute Gasteiger partial charge is 0.261 e. The summed E-state index contributed by atoms with van der Waals surface area (Å²) in [5.41, 5.74) is 0.724. The summed E-state index contributed by atoms with van der Waals surface area (Å²) in [4.78, 5) is 12.0. The van der Waals surface area contributed by atoms with Gasteiger partial charge in [0.05, 0.1) is 11.5 Å². The van der Waals surface area contributed by atoms with Gasteiger partial charge in [0.2, 0.25) is 0 Å². The molecule has 5 nitrogen and oxygen atoms in total. The molecule has 1 aliphatic heterocycles. The Morgan fingerprint density at radius 1 is 1.48 bits per heavy atom. The third kappa shape index (κ3) is 4.10. The van der Waals surface area contributed by atoms with Crippen molar-refractivity contribution in [2.75, 3.05) is 19.8 Å². The third-order valence-corrected chi connectivity index (χ3v) is 5.15. The molecule has 0 bridgehead atoms. The van der Waals surface area contributed by atoms with E-state index < -0.39 is 9.05 Å². The largest absolute Gasteiger partial charge is 0.381 e. The molecular weight excluding hydrogens is 337 g/mol. The van der Waals surface area contributed by atoms with Gasteiger partial charge in [-0.2, -0.15) is 0 Å². The van der Waals surface area contributed by atoms with Gasteiger partial charge >= 0.3 is 0 Å². The maximum absolute atomic E-state index is 12.2. The number of halogens is 2. The quantitative estimate of drug-likeness (QED) is 0.845. The van der Waals surface area contributed by atoms with E-state index in [1.807, 2.05) is 0 Å². The molecule has 8 heteroatoms. The van der Waals surface area contributed by atoms with Crippen LogP contribution < -0.4 is 5.32 Å². The highest BCUT2D eigenvalue weighted by Gasteiger charge is 2.21. The summed E-state index contributed by atoms with van der Waals surface area (Å²) in [6, 6.07) is 2.48. The van der Waals surface area contributed by atoms with Gasteiger partial charge in [0, 0.05) is 40.3 Å². The summed E-state index contributed by atoms with van der Waals surface area (Å²) in [6.45, 7) is 3.45. The molecule has 0 saturated carbocycles. The predicted octanol–water partition coefficient (Wildman–Crippen LogP) is 2.34. The Bertz CT molecular complexity index is 654. The molecule has 1 saturated heterocycles. The number of nitrogens with one attached hydrogen (secondary N) is 1. The van der Waals surface area contributed by atoms with Gasteiger partial charge in [-0.3, -0.25) is 4.79 Å². The number of hydrogen-bond acceptors (Lipinski definition) is 4. The number of benzene rings is 1. The fourth-order valence-corrected chi connectivity index (χ4v) is 3.18. The van der Waals surface area contributed by atoms with Crippen molar-refractivity contribution in [2.24, 2.45) is 5.92 Å². The first kappa shape index (κ1) is 16.5. The first-order valence-corrected chi connectivity index (χ1v) is 9.08. The van der Waals surface area contributed by atoms with Crippen molar-refractivity contribution in [3.05, 3.63) is 28.3 Å². The summed E-state index contributed by atoms with van der Waals surface area (Å²) in [7, 11) is 1.36. The molecule has 0 spiro atoms. The fraction of sp³-hybridized carbons (Fsp3) is 0.462. The van der Waals surface area contributed by atoms with Gasteiger partial charge in [-0.15, -0.1) is 0 Å². The van der Waals surface area contributed by atoms with Crippen molar-refractivity contribution < 1.29 is 17.9 Å². The van der Waals surface area contributed by atoms with E-state index in [-0.39, 0.29) is 27.3 Å². The molecule has 1 aromatic rings. The van der Waals surface area contributed by atoms with Crippen LogP contribution in [0.25, 0.3) is 0 Å². The van der Waals surface area contributed by atoms with Gasteiger partial charge in [-0.25, -0.2) is 8.42 Å². The van der Waals surface area contributed by atoms with Crippen molar-refractivity contribution in [1.29, 1.82) is 0 Å². The van der Waals surface area contributed by atoms with E-state index >= 15 is 0 Å². The van der Waals surface area contributed by atoms with Crippen LogP contribution >= 0.6 is 22.3 Å². The Morgan fingerprint density at radius 3 is 2.76 bits per heavy atom. The lowest BCUT2D eigenvalue weighted by Gasteiger charge is -2.12. The van der Waals surface area contributed by atoms with E-state index in [0.717, 1.165) is 6.42 Å². The second kappa shape index (κ2) is 6.52. The van der Waals surface area contributed by atoms with Crippen molar-refractivity contribution in [2.45, 2.75) is 18.2 Å². The number of amides is 1.